The molecule has 0 fully saturated rings. The Morgan fingerprint density at radius 3 is 1.87 bits per heavy atom. The number of hydrogen-bond donors (Lipinski definition) is 0. The summed E-state index contributed by atoms with van der Waals surface area (Å²) >= 11 is 1.87. The molecule has 0 N–H and O–H groups in total. The highest BCUT2D eigenvalue weighted by molar-refractivity contribution is 7.27. The molecule has 0 bridgehead atoms. The summed E-state index contributed by atoms with van der Waals surface area (Å²) in [6.45, 7) is 0. The Morgan fingerprint density at radius 2 is 1.04 bits per heavy atom. The summed E-state index contributed by atoms with van der Waals surface area (Å²) in [4.78, 5) is 10.9. The second-order valence-electron chi connectivity index (χ2n) is 14.2. The van der Waals surface area contributed by atoms with Gasteiger partial charge < -0.3 is 4.57 Å². The summed E-state index contributed by atoms with van der Waals surface area (Å²) < 4.78 is 7.24. The fraction of sp³-hybridized carbons (Fsp3) is 0. The standard InChI is InChI=1S/C50H30N4S/c1-3-15-32(16-4-1)45-41-30-33(36-23-13-17-31-14-7-8-20-35(31)36)26-29-42(41)51-50(52-45)54-43-24-11-9-21-37(43)38-27-28-40-47-48(55-49(40)46(38)54)39-22-10-12-25-44(39)53(47)34-18-5-2-6-19-34/h1-30H. The molecule has 256 valence electrons. The number of thiophene rings is 1. The lowest BCUT2D eigenvalue weighted by Gasteiger charge is -2.14. The van der Waals surface area contributed by atoms with E-state index in [9.17, 15) is 0 Å². The van der Waals surface area contributed by atoms with E-state index in [1.807, 2.05) is 11.3 Å². The van der Waals surface area contributed by atoms with Gasteiger partial charge in [-0.05, 0) is 58.3 Å². The van der Waals surface area contributed by atoms with Crippen LogP contribution in [0.15, 0.2) is 182 Å². The second-order valence-corrected chi connectivity index (χ2v) is 15.2. The molecule has 12 rings (SSSR count). The minimum Gasteiger partial charge on any atom is -0.308 e. The quantitative estimate of drug-likeness (QED) is 0.182. The Balaban J connectivity index is 1.18. The van der Waals surface area contributed by atoms with Crippen molar-refractivity contribution in [3.63, 3.8) is 0 Å². The molecule has 55 heavy (non-hydrogen) atoms. The topological polar surface area (TPSA) is 35.6 Å². The Bertz CT molecular complexity index is 3480. The number of nitrogens with zero attached hydrogens (tertiary/aromatic N) is 4. The third-order valence-electron chi connectivity index (χ3n) is 11.1. The Kier molecular flexibility index (Phi) is 6.47. The Labute approximate surface area is 319 Å². The second kappa shape index (κ2) is 11.7. The lowest BCUT2D eigenvalue weighted by Crippen LogP contribution is -2.03. The normalized spacial score (nSPS) is 12.0. The fourth-order valence-corrected chi connectivity index (χ4v) is 10.1. The first-order chi connectivity index (χ1) is 27.3. The van der Waals surface area contributed by atoms with Gasteiger partial charge in [0.05, 0.1) is 42.7 Å². The van der Waals surface area contributed by atoms with Gasteiger partial charge in [-0.2, -0.15) is 0 Å². The van der Waals surface area contributed by atoms with Crippen LogP contribution in [0.25, 0.3) is 109 Å². The average molecular weight is 719 g/mol. The monoisotopic (exact) mass is 718 g/mol. The van der Waals surface area contributed by atoms with Gasteiger partial charge in [-0.1, -0.05) is 146 Å². The summed E-state index contributed by atoms with van der Waals surface area (Å²) in [5.74, 6) is 0.664. The van der Waals surface area contributed by atoms with Gasteiger partial charge in [0.2, 0.25) is 5.95 Å². The summed E-state index contributed by atoms with van der Waals surface area (Å²) in [5, 5.41) is 8.34. The molecule has 4 aromatic heterocycles. The number of benzene rings is 8. The van der Waals surface area contributed by atoms with Gasteiger partial charge in [0.25, 0.3) is 0 Å². The highest BCUT2D eigenvalue weighted by atomic mass is 32.1. The molecule has 4 nitrogen and oxygen atoms in total. The van der Waals surface area contributed by atoms with Crippen molar-refractivity contribution in [2.45, 2.75) is 0 Å². The zero-order valence-corrected chi connectivity index (χ0v) is 30.3. The number of para-hydroxylation sites is 3. The molecule has 0 saturated carbocycles. The van der Waals surface area contributed by atoms with Gasteiger partial charge in [-0.25, -0.2) is 9.97 Å². The third-order valence-corrected chi connectivity index (χ3v) is 12.4. The van der Waals surface area contributed by atoms with Crippen molar-refractivity contribution in [3.05, 3.63) is 182 Å². The van der Waals surface area contributed by atoms with Gasteiger partial charge >= 0.3 is 0 Å². The van der Waals surface area contributed by atoms with Crippen LogP contribution in [0, 0.1) is 0 Å². The maximum absolute atomic E-state index is 5.53. The lowest BCUT2D eigenvalue weighted by molar-refractivity contribution is 1.02. The summed E-state index contributed by atoms with van der Waals surface area (Å²) in [7, 11) is 0. The van der Waals surface area contributed by atoms with Crippen LogP contribution in [0.2, 0.25) is 0 Å². The number of rotatable bonds is 4. The van der Waals surface area contributed by atoms with Crippen LogP contribution < -0.4 is 0 Å². The maximum Gasteiger partial charge on any atom is 0.235 e. The average Bonchev–Trinajstić information content (AvgIpc) is 3.91. The van der Waals surface area contributed by atoms with E-state index in [1.54, 1.807) is 0 Å². The molecule has 0 radical (unpaired) electrons. The number of aromatic nitrogens is 4. The number of fused-ring (bicyclic) bond motifs is 11. The summed E-state index contributed by atoms with van der Waals surface area (Å²) in [6, 6.07) is 65.1. The molecular weight excluding hydrogens is 689 g/mol. The van der Waals surface area contributed by atoms with Crippen molar-refractivity contribution in [1.82, 2.24) is 19.1 Å². The third kappa shape index (κ3) is 4.45. The number of hydrogen-bond acceptors (Lipinski definition) is 3. The van der Waals surface area contributed by atoms with Gasteiger partial charge in [0, 0.05) is 38.2 Å². The van der Waals surface area contributed by atoms with E-state index in [4.69, 9.17) is 9.97 Å². The first-order valence-corrected chi connectivity index (χ1v) is 19.4. The van der Waals surface area contributed by atoms with Crippen molar-refractivity contribution in [1.29, 1.82) is 0 Å². The molecule has 0 unspecified atom stereocenters. The minimum absolute atomic E-state index is 0.664. The smallest absolute Gasteiger partial charge is 0.235 e. The van der Waals surface area contributed by atoms with E-state index in [-0.39, 0.29) is 0 Å². The van der Waals surface area contributed by atoms with Gasteiger partial charge in [-0.15, -0.1) is 11.3 Å². The van der Waals surface area contributed by atoms with Gasteiger partial charge in [0.15, 0.2) is 0 Å². The van der Waals surface area contributed by atoms with Gasteiger partial charge in [-0.3, -0.25) is 4.57 Å². The maximum atomic E-state index is 5.53. The van der Waals surface area contributed by atoms with Crippen molar-refractivity contribution < 1.29 is 0 Å². The van der Waals surface area contributed by atoms with Crippen molar-refractivity contribution in [3.8, 4) is 34.0 Å². The largest absolute Gasteiger partial charge is 0.308 e. The minimum atomic E-state index is 0.664. The van der Waals surface area contributed by atoms with Crippen molar-refractivity contribution in [2.24, 2.45) is 0 Å². The molecule has 0 aliphatic heterocycles. The van der Waals surface area contributed by atoms with Crippen molar-refractivity contribution >= 4 is 86.0 Å². The van der Waals surface area contributed by atoms with Crippen LogP contribution in [0.1, 0.15) is 0 Å². The SMILES string of the molecule is c1ccc(-c2nc(-n3c4ccccc4c4ccc5c(sc6c7ccccc7n(-c7ccccc7)c56)c43)nc3ccc(-c4cccc5ccccc45)cc23)cc1. The molecule has 0 spiro atoms. The molecule has 0 aliphatic carbocycles. The zero-order chi connectivity index (χ0) is 36.0. The van der Waals surface area contributed by atoms with E-state index in [0.717, 1.165) is 44.4 Å². The molecule has 8 aromatic carbocycles. The molecule has 5 heteroatoms. The van der Waals surface area contributed by atoms with Crippen LogP contribution in [-0.4, -0.2) is 19.1 Å². The Morgan fingerprint density at radius 1 is 0.400 bits per heavy atom. The van der Waals surface area contributed by atoms with E-state index >= 15 is 0 Å². The first kappa shape index (κ1) is 30.4. The molecule has 0 aliphatic rings. The first-order valence-electron chi connectivity index (χ1n) is 18.6. The molecular formula is C50H30N4S. The molecule has 12 aromatic rings. The lowest BCUT2D eigenvalue weighted by atomic mass is 9.96. The van der Waals surface area contributed by atoms with Crippen LogP contribution in [0.4, 0.5) is 0 Å². The predicted octanol–water partition coefficient (Wildman–Crippen LogP) is 13.5. The van der Waals surface area contributed by atoms with Crippen LogP contribution in [0.5, 0.6) is 0 Å². The Hall–Kier alpha value is -7.08. The van der Waals surface area contributed by atoms with Crippen LogP contribution >= 0.6 is 11.3 Å². The fourth-order valence-electron chi connectivity index (χ4n) is 8.71. The summed E-state index contributed by atoms with van der Waals surface area (Å²) in [5.41, 5.74) is 11.0. The van der Waals surface area contributed by atoms with Crippen molar-refractivity contribution in [2.75, 3.05) is 0 Å². The van der Waals surface area contributed by atoms with Crippen LogP contribution in [-0.2, 0) is 0 Å². The summed E-state index contributed by atoms with van der Waals surface area (Å²) in [6.07, 6.45) is 0. The van der Waals surface area contributed by atoms with E-state index in [0.29, 0.717) is 5.95 Å². The molecule has 0 amide bonds. The molecule has 4 heterocycles. The highest BCUT2D eigenvalue weighted by Crippen LogP contribution is 2.47. The van der Waals surface area contributed by atoms with E-state index in [1.165, 1.54) is 58.3 Å². The zero-order valence-electron chi connectivity index (χ0n) is 29.5. The van der Waals surface area contributed by atoms with Crippen LogP contribution in [0.3, 0.4) is 0 Å². The predicted molar refractivity (Wildman–Crippen MR) is 232 cm³/mol. The highest BCUT2D eigenvalue weighted by Gasteiger charge is 2.24. The molecule has 0 saturated heterocycles. The van der Waals surface area contributed by atoms with E-state index < -0.39 is 0 Å². The van der Waals surface area contributed by atoms with E-state index in [2.05, 4.69) is 191 Å². The molecule has 0 atom stereocenters. The van der Waals surface area contributed by atoms with Gasteiger partial charge in [0.1, 0.15) is 0 Å².